The van der Waals surface area contributed by atoms with Crippen LogP contribution >= 0.6 is 12.6 Å². The van der Waals surface area contributed by atoms with Crippen molar-refractivity contribution in [2.45, 2.75) is 12.8 Å². The molecule has 0 saturated heterocycles. The molecule has 24 heavy (non-hydrogen) atoms. The van der Waals surface area contributed by atoms with E-state index in [2.05, 4.69) is 29.0 Å². The number of para-hydroxylation sites is 1. The first-order valence-corrected chi connectivity index (χ1v) is 7.84. The predicted octanol–water partition coefficient (Wildman–Crippen LogP) is 3.76. The van der Waals surface area contributed by atoms with Crippen molar-refractivity contribution in [3.8, 4) is 6.07 Å². The molecule has 120 valence electrons. The molecule has 5 nitrogen and oxygen atoms in total. The maximum absolute atomic E-state index is 12.9. The van der Waals surface area contributed by atoms with E-state index < -0.39 is 11.8 Å². The molecule has 0 spiro atoms. The van der Waals surface area contributed by atoms with E-state index in [4.69, 9.17) is 4.42 Å². The van der Waals surface area contributed by atoms with Crippen molar-refractivity contribution in [3.63, 3.8) is 0 Å². The molecule has 6 heteroatoms. The van der Waals surface area contributed by atoms with Crippen LogP contribution in [-0.2, 0) is 4.79 Å². The van der Waals surface area contributed by atoms with Gasteiger partial charge < -0.3 is 9.73 Å². The van der Waals surface area contributed by atoms with Crippen LogP contribution in [0.4, 0.5) is 5.69 Å². The molecule has 1 aromatic heterocycles. The number of carbonyl (C=O) groups excluding carboxylic acids is 1. The average molecular weight is 337 g/mol. The first kappa shape index (κ1) is 16.1. The molecular formula is C18H15N3O2S. The molecule has 2 atom stereocenters. The van der Waals surface area contributed by atoms with Crippen LogP contribution in [0.1, 0.15) is 18.6 Å². The van der Waals surface area contributed by atoms with Gasteiger partial charge in [0.2, 0.25) is 5.91 Å². The molecular weight excluding hydrogens is 322 g/mol. The van der Waals surface area contributed by atoms with Gasteiger partial charge >= 0.3 is 0 Å². The average Bonchev–Trinajstić information content (AvgIpc) is 3.09. The van der Waals surface area contributed by atoms with Gasteiger partial charge in [-0.15, -0.1) is 12.6 Å². The third-order valence-corrected chi connectivity index (χ3v) is 4.25. The summed E-state index contributed by atoms with van der Waals surface area (Å²) in [5.74, 6) is -0.876. The Morgan fingerprint density at radius 1 is 1.29 bits per heavy atom. The van der Waals surface area contributed by atoms with Gasteiger partial charge in [-0.3, -0.25) is 4.79 Å². The zero-order valence-corrected chi connectivity index (χ0v) is 13.8. The molecule has 3 rings (SSSR count). The maximum Gasteiger partial charge on any atom is 0.234 e. The van der Waals surface area contributed by atoms with Gasteiger partial charge in [0.1, 0.15) is 10.8 Å². The standard InChI is InChI=1S/C18H15N3O2S/c1-11-15(17(22)21-12-6-3-2-4-7-12)16(14-8-5-9-23-14)13(10-19)18(24)20-11/h2-9,15-16,24H,1H3,(H,21,22)/t15?,16-/m1/s1. The Balaban J connectivity index is 1.99. The maximum atomic E-state index is 12.9. The summed E-state index contributed by atoms with van der Waals surface area (Å²) in [7, 11) is 0. The predicted molar refractivity (Wildman–Crippen MR) is 94.7 cm³/mol. The van der Waals surface area contributed by atoms with Crippen molar-refractivity contribution in [1.82, 2.24) is 0 Å². The lowest BCUT2D eigenvalue weighted by molar-refractivity contribution is -0.118. The molecule has 1 N–H and O–H groups in total. The lowest BCUT2D eigenvalue weighted by atomic mass is 9.79. The largest absolute Gasteiger partial charge is 0.469 e. The summed E-state index contributed by atoms with van der Waals surface area (Å²) in [5.41, 5.74) is 1.61. The van der Waals surface area contributed by atoms with E-state index in [9.17, 15) is 10.1 Å². The van der Waals surface area contributed by atoms with Crippen LogP contribution in [0.15, 0.2) is 68.7 Å². The second-order valence-corrected chi connectivity index (χ2v) is 5.85. The fraction of sp³-hybridized carbons (Fsp3) is 0.167. The molecule has 1 aliphatic heterocycles. The third-order valence-electron chi connectivity index (χ3n) is 3.91. The van der Waals surface area contributed by atoms with Crippen LogP contribution in [0.3, 0.4) is 0 Å². The minimum Gasteiger partial charge on any atom is -0.469 e. The minimum atomic E-state index is -0.637. The van der Waals surface area contributed by atoms with E-state index >= 15 is 0 Å². The normalized spacial score (nSPS) is 20.3. The van der Waals surface area contributed by atoms with Gasteiger partial charge in [-0.1, -0.05) is 18.2 Å². The van der Waals surface area contributed by atoms with Crippen molar-refractivity contribution in [1.29, 1.82) is 5.26 Å². The zero-order valence-electron chi connectivity index (χ0n) is 12.9. The monoisotopic (exact) mass is 337 g/mol. The third kappa shape index (κ3) is 2.99. The molecule has 2 aromatic rings. The van der Waals surface area contributed by atoms with Crippen LogP contribution in [0.5, 0.6) is 0 Å². The molecule has 1 aliphatic rings. The summed E-state index contributed by atoms with van der Waals surface area (Å²) in [4.78, 5) is 17.1. The van der Waals surface area contributed by atoms with Gasteiger partial charge in [0.15, 0.2) is 0 Å². The molecule has 0 radical (unpaired) electrons. The first-order valence-electron chi connectivity index (χ1n) is 7.39. The highest BCUT2D eigenvalue weighted by Gasteiger charge is 2.40. The first-order chi connectivity index (χ1) is 11.6. The van der Waals surface area contributed by atoms with E-state index in [-0.39, 0.29) is 5.91 Å². The number of hydrogen-bond donors (Lipinski definition) is 2. The Morgan fingerprint density at radius 3 is 2.67 bits per heavy atom. The number of aliphatic imine (C=N–C) groups is 1. The highest BCUT2D eigenvalue weighted by molar-refractivity contribution is 7.84. The second-order valence-electron chi connectivity index (χ2n) is 5.43. The summed E-state index contributed by atoms with van der Waals surface area (Å²) >= 11 is 4.29. The number of amides is 1. The van der Waals surface area contributed by atoms with Crippen LogP contribution in [-0.4, -0.2) is 11.6 Å². The Labute approximate surface area is 145 Å². The van der Waals surface area contributed by atoms with Gasteiger partial charge in [-0.2, -0.15) is 5.26 Å². The summed E-state index contributed by atoms with van der Waals surface area (Å²) in [5, 5.41) is 12.7. The highest BCUT2D eigenvalue weighted by Crippen LogP contribution is 2.40. The number of benzene rings is 1. The number of rotatable bonds is 3. The molecule has 1 amide bonds. The van der Waals surface area contributed by atoms with E-state index in [0.29, 0.717) is 27.8 Å². The number of carbonyl (C=O) groups is 1. The number of anilines is 1. The van der Waals surface area contributed by atoms with Crippen molar-refractivity contribution in [3.05, 3.63) is 65.1 Å². The van der Waals surface area contributed by atoms with E-state index in [1.54, 1.807) is 31.2 Å². The summed E-state index contributed by atoms with van der Waals surface area (Å²) < 4.78 is 5.48. The Morgan fingerprint density at radius 2 is 2.04 bits per heavy atom. The molecule has 1 unspecified atom stereocenters. The lowest BCUT2D eigenvalue weighted by Crippen LogP contribution is -2.36. The molecule has 0 bridgehead atoms. The Kier molecular flexibility index (Phi) is 4.54. The van der Waals surface area contributed by atoms with Crippen molar-refractivity contribution < 1.29 is 9.21 Å². The molecule has 1 aromatic carbocycles. The number of thiol groups is 1. The molecule has 0 saturated carbocycles. The number of allylic oxidation sites excluding steroid dienone is 1. The number of nitrogens with one attached hydrogen (secondary N) is 1. The lowest BCUT2D eigenvalue weighted by Gasteiger charge is -2.28. The highest BCUT2D eigenvalue weighted by atomic mass is 32.1. The summed E-state index contributed by atoms with van der Waals surface area (Å²) in [6.45, 7) is 1.76. The number of nitrogens with zero attached hydrogens (tertiary/aromatic N) is 2. The second kappa shape index (κ2) is 6.77. The molecule has 0 fully saturated rings. The van der Waals surface area contributed by atoms with Crippen LogP contribution < -0.4 is 5.32 Å². The summed E-state index contributed by atoms with van der Waals surface area (Å²) in [6.07, 6.45) is 1.52. The fourth-order valence-corrected chi connectivity index (χ4v) is 3.17. The van der Waals surface area contributed by atoms with Gasteiger partial charge in [0.25, 0.3) is 0 Å². The van der Waals surface area contributed by atoms with Gasteiger partial charge in [0.05, 0.1) is 29.7 Å². The SMILES string of the molecule is CC1=NC(S)=C(C#N)[C@H](c2ccco2)C1C(=O)Nc1ccccc1. The summed E-state index contributed by atoms with van der Waals surface area (Å²) in [6, 6.07) is 14.8. The molecule has 2 heterocycles. The van der Waals surface area contributed by atoms with Crippen LogP contribution in [0.25, 0.3) is 0 Å². The van der Waals surface area contributed by atoms with E-state index in [0.717, 1.165) is 0 Å². The fourth-order valence-electron chi connectivity index (χ4n) is 2.82. The van der Waals surface area contributed by atoms with Crippen LogP contribution in [0.2, 0.25) is 0 Å². The van der Waals surface area contributed by atoms with Crippen LogP contribution in [0, 0.1) is 17.2 Å². The van der Waals surface area contributed by atoms with Crippen molar-refractivity contribution >= 4 is 29.9 Å². The Bertz CT molecular complexity index is 848. The van der Waals surface area contributed by atoms with E-state index in [1.165, 1.54) is 6.26 Å². The van der Waals surface area contributed by atoms with Gasteiger partial charge in [-0.05, 0) is 31.2 Å². The van der Waals surface area contributed by atoms with Crippen molar-refractivity contribution in [2.75, 3.05) is 5.32 Å². The van der Waals surface area contributed by atoms with Gasteiger partial charge in [-0.25, -0.2) is 4.99 Å². The zero-order chi connectivity index (χ0) is 17.1. The number of furan rings is 1. The number of nitriles is 1. The topological polar surface area (TPSA) is 78.4 Å². The minimum absolute atomic E-state index is 0.238. The molecule has 0 aliphatic carbocycles. The quantitative estimate of drug-likeness (QED) is 0.837. The van der Waals surface area contributed by atoms with E-state index in [1.807, 2.05) is 18.2 Å². The Hall–Kier alpha value is -2.78. The van der Waals surface area contributed by atoms with Crippen molar-refractivity contribution in [2.24, 2.45) is 10.9 Å². The van der Waals surface area contributed by atoms with Gasteiger partial charge in [0, 0.05) is 11.4 Å². The number of hydrogen-bond acceptors (Lipinski definition) is 5. The smallest absolute Gasteiger partial charge is 0.234 e.